The fraction of sp³-hybridized carbons (Fsp3) is 0.579. The van der Waals surface area contributed by atoms with E-state index in [2.05, 4.69) is 19.8 Å². The number of para-hydroxylation sites is 1. The first-order chi connectivity index (χ1) is 12.2. The minimum absolute atomic E-state index is 0.264. The molecule has 1 aromatic heterocycles. The number of halogens is 1. The van der Waals surface area contributed by atoms with Crippen LogP contribution in [0.5, 0.6) is 0 Å². The molecule has 2 saturated heterocycles. The van der Waals surface area contributed by atoms with Crippen LogP contribution in [-0.4, -0.2) is 50.8 Å². The number of H-pyrrole nitrogens is 1. The number of aromatic nitrogens is 2. The number of rotatable bonds is 4. The topological polar surface area (TPSA) is 52.2 Å². The maximum atomic E-state index is 13.9. The Labute approximate surface area is 147 Å². The average Bonchev–Trinajstić information content (AvgIpc) is 3.33. The van der Waals surface area contributed by atoms with Crippen LogP contribution in [-0.2, 0) is 11.3 Å². The van der Waals surface area contributed by atoms with Crippen molar-refractivity contribution in [3.63, 3.8) is 0 Å². The van der Waals surface area contributed by atoms with E-state index in [0.717, 1.165) is 50.1 Å². The molecule has 5 nitrogen and oxygen atoms in total. The van der Waals surface area contributed by atoms with Gasteiger partial charge in [-0.3, -0.25) is 9.69 Å². The van der Waals surface area contributed by atoms with E-state index in [0.29, 0.717) is 30.6 Å². The molecule has 2 atom stereocenters. The number of likely N-dealkylation sites (tertiary alicyclic amines) is 2. The molecule has 0 saturated carbocycles. The predicted molar refractivity (Wildman–Crippen MR) is 94.5 cm³/mol. The zero-order valence-corrected chi connectivity index (χ0v) is 14.7. The molecule has 0 unspecified atom stereocenters. The zero-order valence-electron chi connectivity index (χ0n) is 14.7. The quantitative estimate of drug-likeness (QED) is 0.927. The maximum Gasteiger partial charge on any atom is 0.222 e. The molecule has 2 aliphatic heterocycles. The first kappa shape index (κ1) is 16.5. The van der Waals surface area contributed by atoms with Crippen molar-refractivity contribution < 1.29 is 9.18 Å². The van der Waals surface area contributed by atoms with E-state index < -0.39 is 0 Å². The van der Waals surface area contributed by atoms with Crippen LogP contribution in [0.25, 0.3) is 11.0 Å². The number of aromatic amines is 1. The van der Waals surface area contributed by atoms with E-state index >= 15 is 0 Å². The number of hydrogen-bond acceptors (Lipinski definition) is 3. The number of imidazole rings is 1. The zero-order chi connectivity index (χ0) is 17.4. The van der Waals surface area contributed by atoms with Crippen molar-refractivity contribution in [2.24, 2.45) is 0 Å². The molecule has 0 aliphatic carbocycles. The monoisotopic (exact) mass is 344 g/mol. The van der Waals surface area contributed by atoms with Gasteiger partial charge in [-0.1, -0.05) is 13.0 Å². The van der Waals surface area contributed by atoms with E-state index in [4.69, 9.17) is 0 Å². The lowest BCUT2D eigenvalue weighted by Crippen LogP contribution is -2.47. The second-order valence-corrected chi connectivity index (χ2v) is 7.15. The predicted octanol–water partition coefficient (Wildman–Crippen LogP) is 3.07. The van der Waals surface area contributed by atoms with Gasteiger partial charge in [0, 0.05) is 25.0 Å². The van der Waals surface area contributed by atoms with Crippen LogP contribution in [0.15, 0.2) is 18.2 Å². The largest absolute Gasteiger partial charge is 0.341 e. The SMILES string of the molecule is CCC(=O)N1CCC[C@@H]1[C@@H]1CCCN1Cc1nc2c(F)cccc2[nH]1. The lowest BCUT2D eigenvalue weighted by molar-refractivity contribution is -0.132. The molecular weight excluding hydrogens is 319 g/mol. The molecule has 4 rings (SSSR count). The molecule has 0 spiro atoms. The summed E-state index contributed by atoms with van der Waals surface area (Å²) in [5.41, 5.74) is 1.16. The first-order valence-corrected chi connectivity index (χ1v) is 9.34. The molecule has 1 N–H and O–H groups in total. The second kappa shape index (κ2) is 6.75. The van der Waals surface area contributed by atoms with Crippen LogP contribution >= 0.6 is 0 Å². The summed E-state index contributed by atoms with van der Waals surface area (Å²) in [5.74, 6) is 0.784. The molecule has 3 heterocycles. The van der Waals surface area contributed by atoms with Crippen LogP contribution in [0.2, 0.25) is 0 Å². The Morgan fingerprint density at radius 1 is 1.28 bits per heavy atom. The summed E-state index contributed by atoms with van der Waals surface area (Å²) in [7, 11) is 0. The van der Waals surface area contributed by atoms with E-state index in [1.165, 1.54) is 6.07 Å². The van der Waals surface area contributed by atoms with Crippen LogP contribution in [0.1, 0.15) is 44.9 Å². The lowest BCUT2D eigenvalue weighted by Gasteiger charge is -2.34. The number of carbonyl (C=O) groups is 1. The fourth-order valence-electron chi connectivity index (χ4n) is 4.50. The van der Waals surface area contributed by atoms with Gasteiger partial charge >= 0.3 is 0 Å². The van der Waals surface area contributed by atoms with Gasteiger partial charge in [0.15, 0.2) is 5.82 Å². The van der Waals surface area contributed by atoms with Crippen LogP contribution in [0.3, 0.4) is 0 Å². The van der Waals surface area contributed by atoms with E-state index in [1.807, 2.05) is 13.0 Å². The maximum absolute atomic E-state index is 13.9. The average molecular weight is 344 g/mol. The summed E-state index contributed by atoms with van der Waals surface area (Å²) in [4.78, 5) is 24.5. The van der Waals surface area contributed by atoms with Crippen LogP contribution in [0, 0.1) is 5.82 Å². The molecule has 25 heavy (non-hydrogen) atoms. The molecular formula is C19H25FN4O. The summed E-state index contributed by atoms with van der Waals surface area (Å²) < 4.78 is 13.9. The van der Waals surface area contributed by atoms with Gasteiger partial charge in [-0.05, 0) is 44.4 Å². The third kappa shape index (κ3) is 3.03. The van der Waals surface area contributed by atoms with Gasteiger partial charge in [-0.2, -0.15) is 0 Å². The Bertz CT molecular complexity index is 774. The van der Waals surface area contributed by atoms with Crippen molar-refractivity contribution in [3.8, 4) is 0 Å². The van der Waals surface area contributed by atoms with E-state index in [1.54, 1.807) is 6.07 Å². The highest BCUT2D eigenvalue weighted by Crippen LogP contribution is 2.31. The molecule has 1 amide bonds. The van der Waals surface area contributed by atoms with Crippen molar-refractivity contribution in [1.82, 2.24) is 19.8 Å². The van der Waals surface area contributed by atoms with Gasteiger partial charge in [-0.25, -0.2) is 9.37 Å². The number of benzene rings is 1. The summed E-state index contributed by atoms with van der Waals surface area (Å²) in [6.07, 6.45) is 5.01. The number of nitrogens with zero attached hydrogens (tertiary/aromatic N) is 3. The Morgan fingerprint density at radius 2 is 2.08 bits per heavy atom. The minimum atomic E-state index is -0.284. The Kier molecular flexibility index (Phi) is 4.46. The second-order valence-electron chi connectivity index (χ2n) is 7.15. The summed E-state index contributed by atoms with van der Waals surface area (Å²) in [5, 5.41) is 0. The van der Waals surface area contributed by atoms with Crippen LogP contribution in [0.4, 0.5) is 4.39 Å². The van der Waals surface area contributed by atoms with Gasteiger partial charge in [-0.15, -0.1) is 0 Å². The number of carbonyl (C=O) groups excluding carboxylic acids is 1. The standard InChI is InChI=1S/C19H25FN4O/c1-2-18(25)24-11-5-9-16(24)15-8-4-10-23(15)12-17-21-14-7-3-6-13(20)19(14)22-17/h3,6-7,15-16H,2,4-5,8-12H2,1H3,(H,21,22)/t15-,16+/m0/s1. The highest BCUT2D eigenvalue weighted by atomic mass is 19.1. The highest BCUT2D eigenvalue weighted by molar-refractivity contribution is 5.76. The van der Waals surface area contributed by atoms with Crippen molar-refractivity contribution in [3.05, 3.63) is 29.8 Å². The van der Waals surface area contributed by atoms with E-state index in [-0.39, 0.29) is 11.7 Å². The van der Waals surface area contributed by atoms with Crippen molar-refractivity contribution >= 4 is 16.9 Å². The lowest BCUT2D eigenvalue weighted by atomic mass is 10.0. The molecule has 2 fully saturated rings. The van der Waals surface area contributed by atoms with Crippen molar-refractivity contribution in [2.45, 2.75) is 57.7 Å². The summed E-state index contributed by atoms with van der Waals surface area (Å²) >= 11 is 0. The molecule has 1 aromatic carbocycles. The molecule has 134 valence electrons. The first-order valence-electron chi connectivity index (χ1n) is 9.34. The third-order valence-electron chi connectivity index (χ3n) is 5.65. The van der Waals surface area contributed by atoms with Gasteiger partial charge in [0.25, 0.3) is 0 Å². The van der Waals surface area contributed by atoms with E-state index in [9.17, 15) is 9.18 Å². The van der Waals surface area contributed by atoms with Crippen LogP contribution < -0.4 is 0 Å². The molecule has 2 aromatic rings. The molecule has 0 radical (unpaired) electrons. The molecule has 2 aliphatic rings. The Balaban J connectivity index is 1.53. The fourth-order valence-corrected chi connectivity index (χ4v) is 4.50. The normalized spacial score (nSPS) is 24.5. The number of nitrogens with one attached hydrogen (secondary N) is 1. The minimum Gasteiger partial charge on any atom is -0.341 e. The number of fused-ring (bicyclic) bond motifs is 1. The smallest absolute Gasteiger partial charge is 0.222 e. The number of amides is 1. The van der Waals surface area contributed by atoms with Gasteiger partial charge in [0.2, 0.25) is 5.91 Å². The Hall–Kier alpha value is -1.95. The molecule has 6 heteroatoms. The highest BCUT2D eigenvalue weighted by Gasteiger charge is 2.39. The summed E-state index contributed by atoms with van der Waals surface area (Å²) in [6.45, 7) is 4.52. The van der Waals surface area contributed by atoms with Gasteiger partial charge < -0.3 is 9.88 Å². The van der Waals surface area contributed by atoms with Gasteiger partial charge in [0.1, 0.15) is 11.3 Å². The van der Waals surface area contributed by atoms with Gasteiger partial charge in [0.05, 0.1) is 12.1 Å². The Morgan fingerprint density at radius 3 is 2.88 bits per heavy atom. The number of hydrogen-bond donors (Lipinski definition) is 1. The summed E-state index contributed by atoms with van der Waals surface area (Å²) in [6, 6.07) is 5.70. The van der Waals surface area contributed by atoms with Crippen molar-refractivity contribution in [1.29, 1.82) is 0 Å². The molecule has 0 bridgehead atoms. The third-order valence-corrected chi connectivity index (χ3v) is 5.65. The van der Waals surface area contributed by atoms with Crippen molar-refractivity contribution in [2.75, 3.05) is 13.1 Å².